The van der Waals surface area contributed by atoms with Crippen molar-refractivity contribution in [3.8, 4) is 5.75 Å². The molecule has 0 unspecified atom stereocenters. The first-order chi connectivity index (χ1) is 13.3. The molecule has 0 heterocycles. The van der Waals surface area contributed by atoms with Gasteiger partial charge < -0.3 is 19.5 Å². The van der Waals surface area contributed by atoms with Gasteiger partial charge in [0.1, 0.15) is 5.75 Å². The summed E-state index contributed by atoms with van der Waals surface area (Å²) in [5, 5.41) is 2.80. The van der Waals surface area contributed by atoms with Crippen LogP contribution in [0.3, 0.4) is 0 Å². The second kappa shape index (κ2) is 9.90. The van der Waals surface area contributed by atoms with E-state index < -0.39 is 12.1 Å². The molecule has 0 saturated heterocycles. The van der Waals surface area contributed by atoms with Crippen LogP contribution in [0, 0.1) is 13.8 Å². The lowest BCUT2D eigenvalue weighted by Gasteiger charge is -2.16. The van der Waals surface area contributed by atoms with E-state index >= 15 is 0 Å². The number of anilines is 1. The Morgan fingerprint density at radius 1 is 1.11 bits per heavy atom. The molecule has 0 saturated carbocycles. The third-order valence-corrected chi connectivity index (χ3v) is 4.27. The number of aryl methyl sites for hydroxylation is 2. The average molecular weight is 385 g/mol. The summed E-state index contributed by atoms with van der Waals surface area (Å²) in [5.41, 5.74) is 3.83. The van der Waals surface area contributed by atoms with Crippen molar-refractivity contribution in [2.24, 2.45) is 0 Å². The van der Waals surface area contributed by atoms with E-state index in [4.69, 9.17) is 14.2 Å². The molecule has 1 amide bonds. The van der Waals surface area contributed by atoms with Crippen LogP contribution >= 0.6 is 0 Å². The highest BCUT2D eigenvalue weighted by Gasteiger charge is 2.20. The van der Waals surface area contributed by atoms with Crippen LogP contribution in [0.15, 0.2) is 36.4 Å². The Morgan fingerprint density at radius 3 is 2.50 bits per heavy atom. The predicted octanol–water partition coefficient (Wildman–Crippen LogP) is 4.03. The topological polar surface area (TPSA) is 73.9 Å². The van der Waals surface area contributed by atoms with Crippen molar-refractivity contribution in [3.63, 3.8) is 0 Å². The molecule has 2 aromatic carbocycles. The van der Waals surface area contributed by atoms with Crippen molar-refractivity contribution >= 4 is 17.6 Å². The van der Waals surface area contributed by atoms with Gasteiger partial charge in [0.2, 0.25) is 0 Å². The number of hydrogen-bond donors (Lipinski definition) is 1. The van der Waals surface area contributed by atoms with Crippen LogP contribution in [0.5, 0.6) is 5.75 Å². The number of rotatable bonds is 8. The standard InChI is InChI=1S/C22H27NO5/c1-6-27-13-18-12-17(8-10-20(18)26-5)22(25)28-16(4)21(24)23-19-9-7-14(2)11-15(19)3/h7-12,16H,6,13H2,1-5H3,(H,23,24)/t16-/m1/s1. The molecule has 0 aliphatic rings. The van der Waals surface area contributed by atoms with Gasteiger partial charge in [0.15, 0.2) is 6.10 Å². The predicted molar refractivity (Wildman–Crippen MR) is 108 cm³/mol. The molecule has 28 heavy (non-hydrogen) atoms. The van der Waals surface area contributed by atoms with Crippen LogP contribution in [0.1, 0.15) is 40.9 Å². The van der Waals surface area contributed by atoms with Crippen LogP contribution in [-0.2, 0) is 20.9 Å². The quantitative estimate of drug-likeness (QED) is 0.695. The lowest BCUT2D eigenvalue weighted by molar-refractivity contribution is -0.123. The van der Waals surface area contributed by atoms with Crippen LogP contribution in [0.2, 0.25) is 0 Å². The maximum atomic E-state index is 12.5. The number of amides is 1. The molecule has 0 radical (unpaired) electrons. The fraction of sp³-hybridized carbons (Fsp3) is 0.364. The Bertz CT molecular complexity index is 847. The number of benzene rings is 2. The molecule has 6 heteroatoms. The van der Waals surface area contributed by atoms with Crippen molar-refractivity contribution in [1.29, 1.82) is 0 Å². The summed E-state index contributed by atoms with van der Waals surface area (Å²) in [6.07, 6.45) is -0.939. The van der Waals surface area contributed by atoms with E-state index in [1.165, 1.54) is 0 Å². The Morgan fingerprint density at radius 2 is 1.86 bits per heavy atom. The van der Waals surface area contributed by atoms with Crippen molar-refractivity contribution in [2.75, 3.05) is 19.0 Å². The van der Waals surface area contributed by atoms with Gasteiger partial charge in [0.05, 0.1) is 19.3 Å². The van der Waals surface area contributed by atoms with Gasteiger partial charge in [0, 0.05) is 17.9 Å². The second-order valence-electron chi connectivity index (χ2n) is 6.52. The number of carbonyl (C=O) groups is 2. The second-order valence-corrected chi connectivity index (χ2v) is 6.52. The SMILES string of the molecule is CCOCc1cc(C(=O)O[C@H](C)C(=O)Nc2ccc(C)cc2C)ccc1OC. The van der Waals surface area contributed by atoms with Crippen LogP contribution < -0.4 is 10.1 Å². The summed E-state index contributed by atoms with van der Waals surface area (Å²) in [4.78, 5) is 24.9. The van der Waals surface area contributed by atoms with Crippen LogP contribution in [0.4, 0.5) is 5.69 Å². The van der Waals surface area contributed by atoms with E-state index in [1.54, 1.807) is 32.2 Å². The summed E-state index contributed by atoms with van der Waals surface area (Å²) >= 11 is 0. The highest BCUT2D eigenvalue weighted by Crippen LogP contribution is 2.22. The van der Waals surface area contributed by atoms with Gasteiger partial charge in [-0.2, -0.15) is 0 Å². The van der Waals surface area contributed by atoms with Gasteiger partial charge in [0.25, 0.3) is 5.91 Å². The first kappa shape index (κ1) is 21.4. The largest absolute Gasteiger partial charge is 0.496 e. The first-order valence-electron chi connectivity index (χ1n) is 9.19. The van der Waals surface area contributed by atoms with E-state index in [9.17, 15) is 9.59 Å². The number of nitrogens with one attached hydrogen (secondary N) is 1. The van der Waals surface area contributed by atoms with E-state index in [0.717, 1.165) is 16.7 Å². The van der Waals surface area contributed by atoms with Gasteiger partial charge >= 0.3 is 5.97 Å². The summed E-state index contributed by atoms with van der Waals surface area (Å²) in [7, 11) is 1.56. The Kier molecular flexibility index (Phi) is 7.58. The molecule has 0 spiro atoms. The average Bonchev–Trinajstić information content (AvgIpc) is 2.67. The minimum Gasteiger partial charge on any atom is -0.496 e. The van der Waals surface area contributed by atoms with E-state index in [0.29, 0.717) is 30.2 Å². The Balaban J connectivity index is 2.05. The fourth-order valence-corrected chi connectivity index (χ4v) is 2.70. The van der Waals surface area contributed by atoms with Crippen molar-refractivity contribution in [1.82, 2.24) is 0 Å². The molecular weight excluding hydrogens is 358 g/mol. The molecule has 1 atom stereocenters. The summed E-state index contributed by atoms with van der Waals surface area (Å²) in [5.74, 6) is -0.335. The van der Waals surface area contributed by atoms with E-state index in [2.05, 4.69) is 5.32 Å². The van der Waals surface area contributed by atoms with Gasteiger partial charge in [-0.05, 0) is 57.5 Å². The van der Waals surface area contributed by atoms with Crippen molar-refractivity contribution < 1.29 is 23.8 Å². The van der Waals surface area contributed by atoms with Crippen LogP contribution in [-0.4, -0.2) is 31.7 Å². The number of hydrogen-bond acceptors (Lipinski definition) is 5. The molecule has 1 N–H and O–H groups in total. The number of carbonyl (C=O) groups excluding carboxylic acids is 2. The number of ether oxygens (including phenoxy) is 3. The Labute approximate surface area is 165 Å². The monoisotopic (exact) mass is 385 g/mol. The maximum absolute atomic E-state index is 12.5. The van der Waals surface area contributed by atoms with Gasteiger partial charge in [-0.1, -0.05) is 17.7 Å². The van der Waals surface area contributed by atoms with E-state index in [1.807, 2.05) is 39.0 Å². The molecular formula is C22H27NO5. The van der Waals surface area contributed by atoms with Gasteiger partial charge in [-0.15, -0.1) is 0 Å². The minimum absolute atomic E-state index is 0.323. The lowest BCUT2D eigenvalue weighted by atomic mass is 10.1. The van der Waals surface area contributed by atoms with E-state index in [-0.39, 0.29) is 5.91 Å². The van der Waals surface area contributed by atoms with Crippen molar-refractivity contribution in [3.05, 3.63) is 58.7 Å². The lowest BCUT2D eigenvalue weighted by Crippen LogP contribution is -2.30. The van der Waals surface area contributed by atoms with Gasteiger partial charge in [-0.3, -0.25) is 4.79 Å². The third kappa shape index (κ3) is 5.57. The molecule has 6 nitrogen and oxygen atoms in total. The number of esters is 1. The molecule has 0 aromatic heterocycles. The molecule has 0 aliphatic heterocycles. The first-order valence-corrected chi connectivity index (χ1v) is 9.19. The zero-order valence-corrected chi connectivity index (χ0v) is 17.0. The molecule has 0 aliphatic carbocycles. The molecule has 150 valence electrons. The highest BCUT2D eigenvalue weighted by atomic mass is 16.5. The molecule has 0 fully saturated rings. The van der Waals surface area contributed by atoms with Crippen molar-refractivity contribution in [2.45, 2.75) is 40.4 Å². The fourth-order valence-electron chi connectivity index (χ4n) is 2.70. The minimum atomic E-state index is -0.939. The highest BCUT2D eigenvalue weighted by molar-refractivity contribution is 5.97. The third-order valence-electron chi connectivity index (χ3n) is 4.27. The maximum Gasteiger partial charge on any atom is 0.338 e. The smallest absolute Gasteiger partial charge is 0.338 e. The van der Waals surface area contributed by atoms with Gasteiger partial charge in [-0.25, -0.2) is 4.79 Å². The molecule has 2 aromatic rings. The normalized spacial score (nSPS) is 11.6. The summed E-state index contributed by atoms with van der Waals surface area (Å²) in [6, 6.07) is 10.7. The Hall–Kier alpha value is -2.86. The summed E-state index contributed by atoms with van der Waals surface area (Å²) < 4.78 is 16.0. The zero-order valence-electron chi connectivity index (χ0n) is 17.0. The zero-order chi connectivity index (χ0) is 20.7. The summed E-state index contributed by atoms with van der Waals surface area (Å²) in [6.45, 7) is 8.20. The number of methoxy groups -OCH3 is 1. The molecule has 2 rings (SSSR count). The van der Waals surface area contributed by atoms with Crippen LogP contribution in [0.25, 0.3) is 0 Å². The molecule has 0 bridgehead atoms.